The molecule has 1 atom stereocenters. The number of carbonyl (C=O) groups excluding carboxylic acids is 1. The van der Waals surface area contributed by atoms with E-state index in [-0.39, 0.29) is 11.7 Å². The van der Waals surface area contributed by atoms with E-state index in [0.717, 1.165) is 25.1 Å². The van der Waals surface area contributed by atoms with Gasteiger partial charge in [0, 0.05) is 30.3 Å². The lowest BCUT2D eigenvalue weighted by Gasteiger charge is -2.21. The molecule has 1 rings (SSSR count). The maximum atomic E-state index is 12.0. The van der Waals surface area contributed by atoms with Crippen LogP contribution in [0, 0.1) is 5.92 Å². The lowest BCUT2D eigenvalue weighted by Crippen LogP contribution is -2.21. The average molecular weight is 233 g/mol. The van der Waals surface area contributed by atoms with Crippen molar-refractivity contribution in [3.8, 4) is 0 Å². The minimum Gasteiger partial charge on any atom is -0.372 e. The summed E-state index contributed by atoms with van der Waals surface area (Å²) >= 11 is 0. The Balaban J connectivity index is 2.84. The number of ketones is 1. The number of nitrogens with zero attached hydrogens (tertiary/aromatic N) is 1. The summed E-state index contributed by atoms with van der Waals surface area (Å²) in [6.45, 7) is 10.3. The molecule has 0 amide bonds. The van der Waals surface area contributed by atoms with E-state index in [1.807, 2.05) is 38.1 Å². The lowest BCUT2D eigenvalue weighted by atomic mass is 9.97. The first kappa shape index (κ1) is 13.8. The van der Waals surface area contributed by atoms with E-state index in [2.05, 4.69) is 18.7 Å². The average Bonchev–Trinajstić information content (AvgIpc) is 2.39. The summed E-state index contributed by atoms with van der Waals surface area (Å²) in [5, 5.41) is 0. The topological polar surface area (TPSA) is 20.3 Å². The summed E-state index contributed by atoms with van der Waals surface area (Å²) in [7, 11) is 0. The summed E-state index contributed by atoms with van der Waals surface area (Å²) in [6, 6.07) is 7.98. The van der Waals surface area contributed by atoms with Crippen LogP contribution in [0.3, 0.4) is 0 Å². The Morgan fingerprint density at radius 2 is 1.65 bits per heavy atom. The van der Waals surface area contributed by atoms with Crippen molar-refractivity contribution >= 4 is 11.5 Å². The predicted octanol–water partition coefficient (Wildman–Crippen LogP) is 3.76. The summed E-state index contributed by atoms with van der Waals surface area (Å²) in [6.07, 6.45) is 0.899. The van der Waals surface area contributed by atoms with Crippen LogP contribution in [0.15, 0.2) is 24.3 Å². The molecule has 2 heteroatoms. The molecule has 0 saturated carbocycles. The van der Waals surface area contributed by atoms with Crippen LogP contribution in [0.5, 0.6) is 0 Å². The predicted molar refractivity (Wildman–Crippen MR) is 73.8 cm³/mol. The molecule has 0 aliphatic carbocycles. The Hall–Kier alpha value is -1.31. The van der Waals surface area contributed by atoms with Gasteiger partial charge in [0.05, 0.1) is 0 Å². The molecule has 1 aromatic rings. The van der Waals surface area contributed by atoms with E-state index in [1.54, 1.807) is 0 Å². The molecule has 94 valence electrons. The van der Waals surface area contributed by atoms with Gasteiger partial charge in [0.1, 0.15) is 0 Å². The molecular weight excluding hydrogens is 210 g/mol. The molecule has 0 aliphatic rings. The van der Waals surface area contributed by atoms with Crippen LogP contribution in [-0.2, 0) is 0 Å². The van der Waals surface area contributed by atoms with E-state index in [1.165, 1.54) is 5.69 Å². The van der Waals surface area contributed by atoms with Gasteiger partial charge < -0.3 is 4.90 Å². The molecule has 0 heterocycles. The van der Waals surface area contributed by atoms with Gasteiger partial charge >= 0.3 is 0 Å². The molecule has 0 saturated heterocycles. The maximum absolute atomic E-state index is 12.0. The second-order valence-electron chi connectivity index (χ2n) is 4.39. The maximum Gasteiger partial charge on any atom is 0.165 e. The highest BCUT2D eigenvalue weighted by atomic mass is 16.1. The normalized spacial score (nSPS) is 12.2. The fourth-order valence-electron chi connectivity index (χ4n) is 1.90. The van der Waals surface area contributed by atoms with Crippen molar-refractivity contribution in [1.82, 2.24) is 0 Å². The molecule has 0 N–H and O–H groups in total. The smallest absolute Gasteiger partial charge is 0.165 e. The van der Waals surface area contributed by atoms with E-state index in [4.69, 9.17) is 0 Å². The van der Waals surface area contributed by atoms with Gasteiger partial charge in [-0.05, 0) is 44.5 Å². The van der Waals surface area contributed by atoms with Crippen molar-refractivity contribution < 1.29 is 4.79 Å². The second-order valence-corrected chi connectivity index (χ2v) is 4.39. The van der Waals surface area contributed by atoms with Gasteiger partial charge in [-0.15, -0.1) is 0 Å². The van der Waals surface area contributed by atoms with Crippen LogP contribution in [0.1, 0.15) is 44.5 Å². The highest BCUT2D eigenvalue weighted by molar-refractivity contribution is 5.97. The van der Waals surface area contributed by atoms with Crippen LogP contribution in [-0.4, -0.2) is 18.9 Å². The van der Waals surface area contributed by atoms with E-state index >= 15 is 0 Å². The van der Waals surface area contributed by atoms with E-state index < -0.39 is 0 Å². The standard InChI is InChI=1S/C15H23NO/c1-5-12(4)15(17)13-8-10-14(11-9-13)16(6-2)7-3/h8-12H,5-7H2,1-4H3. The largest absolute Gasteiger partial charge is 0.372 e. The van der Waals surface area contributed by atoms with Gasteiger partial charge in [-0.3, -0.25) is 4.79 Å². The Morgan fingerprint density at radius 3 is 2.06 bits per heavy atom. The first-order valence-corrected chi connectivity index (χ1v) is 6.53. The molecule has 2 nitrogen and oxygen atoms in total. The molecule has 17 heavy (non-hydrogen) atoms. The second kappa shape index (κ2) is 6.43. The Bertz CT molecular complexity index is 352. The van der Waals surface area contributed by atoms with Crippen molar-refractivity contribution in [3.05, 3.63) is 29.8 Å². The van der Waals surface area contributed by atoms with Gasteiger partial charge in [-0.2, -0.15) is 0 Å². The van der Waals surface area contributed by atoms with Crippen LogP contribution >= 0.6 is 0 Å². The molecule has 1 aromatic carbocycles. The highest BCUT2D eigenvalue weighted by Gasteiger charge is 2.13. The summed E-state index contributed by atoms with van der Waals surface area (Å²) in [5.74, 6) is 0.368. The van der Waals surface area contributed by atoms with E-state index in [9.17, 15) is 4.79 Å². The highest BCUT2D eigenvalue weighted by Crippen LogP contribution is 2.18. The van der Waals surface area contributed by atoms with Crippen molar-refractivity contribution in [2.75, 3.05) is 18.0 Å². The third-order valence-corrected chi connectivity index (χ3v) is 3.34. The summed E-state index contributed by atoms with van der Waals surface area (Å²) in [4.78, 5) is 14.3. The zero-order valence-corrected chi connectivity index (χ0v) is 11.4. The van der Waals surface area contributed by atoms with Crippen LogP contribution in [0.25, 0.3) is 0 Å². The molecule has 0 fully saturated rings. The third-order valence-electron chi connectivity index (χ3n) is 3.34. The Labute approximate surface area is 105 Å². The quantitative estimate of drug-likeness (QED) is 0.697. The van der Waals surface area contributed by atoms with Gasteiger partial charge in [-0.1, -0.05) is 13.8 Å². The summed E-state index contributed by atoms with van der Waals surface area (Å²) in [5.41, 5.74) is 2.02. The lowest BCUT2D eigenvalue weighted by molar-refractivity contribution is 0.0927. The minimum atomic E-state index is 0.120. The van der Waals surface area contributed by atoms with Crippen molar-refractivity contribution in [2.24, 2.45) is 5.92 Å². The molecule has 0 aliphatic heterocycles. The molecule has 0 bridgehead atoms. The van der Waals surface area contributed by atoms with Crippen LogP contribution in [0.2, 0.25) is 0 Å². The van der Waals surface area contributed by atoms with Gasteiger partial charge in [0.2, 0.25) is 0 Å². The monoisotopic (exact) mass is 233 g/mol. The van der Waals surface area contributed by atoms with Gasteiger partial charge in [-0.25, -0.2) is 0 Å². The number of Topliss-reactive ketones (excluding diaryl/α,β-unsaturated/α-hetero) is 1. The Kier molecular flexibility index (Phi) is 5.20. The first-order valence-electron chi connectivity index (χ1n) is 6.53. The third kappa shape index (κ3) is 3.32. The number of hydrogen-bond donors (Lipinski definition) is 0. The zero-order valence-electron chi connectivity index (χ0n) is 11.4. The molecule has 1 unspecified atom stereocenters. The first-order chi connectivity index (χ1) is 8.13. The summed E-state index contributed by atoms with van der Waals surface area (Å²) < 4.78 is 0. The number of rotatable bonds is 6. The Morgan fingerprint density at radius 1 is 1.12 bits per heavy atom. The van der Waals surface area contributed by atoms with Crippen molar-refractivity contribution in [2.45, 2.75) is 34.1 Å². The van der Waals surface area contributed by atoms with E-state index in [0.29, 0.717) is 0 Å². The molecular formula is C15H23NO. The SMILES string of the molecule is CCC(C)C(=O)c1ccc(N(CC)CC)cc1. The number of anilines is 1. The molecule has 0 radical (unpaired) electrons. The van der Waals surface area contributed by atoms with Crippen LogP contribution < -0.4 is 4.90 Å². The van der Waals surface area contributed by atoms with Crippen molar-refractivity contribution in [3.63, 3.8) is 0 Å². The number of hydrogen-bond acceptors (Lipinski definition) is 2. The fraction of sp³-hybridized carbons (Fsp3) is 0.533. The van der Waals surface area contributed by atoms with Crippen LogP contribution in [0.4, 0.5) is 5.69 Å². The number of carbonyl (C=O) groups is 1. The van der Waals surface area contributed by atoms with Gasteiger partial charge in [0.25, 0.3) is 0 Å². The van der Waals surface area contributed by atoms with Crippen molar-refractivity contribution in [1.29, 1.82) is 0 Å². The van der Waals surface area contributed by atoms with Gasteiger partial charge in [0.15, 0.2) is 5.78 Å². The molecule has 0 spiro atoms. The number of benzene rings is 1. The molecule has 0 aromatic heterocycles. The zero-order chi connectivity index (χ0) is 12.8. The minimum absolute atomic E-state index is 0.120. The fourth-order valence-corrected chi connectivity index (χ4v) is 1.90.